The Bertz CT molecular complexity index is 921. The monoisotopic (exact) mass is 346 g/mol. The topological polar surface area (TPSA) is 44.9 Å². The van der Waals surface area contributed by atoms with Crippen LogP contribution in [0.3, 0.4) is 0 Å². The van der Waals surface area contributed by atoms with Gasteiger partial charge in [-0.2, -0.15) is 0 Å². The van der Waals surface area contributed by atoms with Crippen LogP contribution in [0.1, 0.15) is 36.5 Å². The van der Waals surface area contributed by atoms with Crippen LogP contribution in [0, 0.1) is 6.92 Å². The van der Waals surface area contributed by atoms with Crippen LogP contribution in [0.5, 0.6) is 0 Å². The van der Waals surface area contributed by atoms with E-state index >= 15 is 0 Å². The minimum atomic E-state index is 0.107. The molecule has 134 valence electrons. The largest absolute Gasteiger partial charge is 0.361 e. The summed E-state index contributed by atoms with van der Waals surface area (Å²) < 4.78 is 0. The number of hydrogen-bond donors (Lipinski definition) is 2. The van der Waals surface area contributed by atoms with Gasteiger partial charge in [0.1, 0.15) is 0 Å². The molecule has 1 heterocycles. The number of amides is 1. The van der Waals surface area contributed by atoms with Crippen LogP contribution in [0.2, 0.25) is 0 Å². The van der Waals surface area contributed by atoms with E-state index in [0.717, 1.165) is 18.4 Å². The summed E-state index contributed by atoms with van der Waals surface area (Å²) in [5, 5.41) is 4.26. The molecule has 26 heavy (non-hydrogen) atoms. The first kappa shape index (κ1) is 18.0. The van der Waals surface area contributed by atoms with Crippen molar-refractivity contribution in [2.75, 3.05) is 6.54 Å². The number of fused-ring (bicyclic) bond motifs is 1. The maximum atomic E-state index is 12.2. The molecule has 3 rings (SSSR count). The third-order valence-electron chi connectivity index (χ3n) is 4.85. The number of para-hydroxylation sites is 1. The highest BCUT2D eigenvalue weighted by molar-refractivity contribution is 5.84. The summed E-state index contributed by atoms with van der Waals surface area (Å²) in [5.41, 5.74) is 6.14. The average molecular weight is 346 g/mol. The highest BCUT2D eigenvalue weighted by Crippen LogP contribution is 2.21. The standard InChI is InChI=1S/C23H26N2O/c1-3-18(20-9-5-4-8-17(20)2)14-15-24-23(26)13-12-19-16-25-22-11-7-6-10-21(19)22/h3-11,16,25H,12-15H2,1-2H3,(H,24,26)/b18-3-. The molecule has 2 aromatic carbocycles. The predicted molar refractivity (Wildman–Crippen MR) is 109 cm³/mol. The van der Waals surface area contributed by atoms with Crippen LogP contribution in [-0.2, 0) is 11.2 Å². The number of aromatic amines is 1. The Hall–Kier alpha value is -2.81. The highest BCUT2D eigenvalue weighted by atomic mass is 16.1. The van der Waals surface area contributed by atoms with Crippen molar-refractivity contribution in [1.82, 2.24) is 10.3 Å². The molecule has 0 saturated carbocycles. The number of hydrogen-bond acceptors (Lipinski definition) is 1. The number of carbonyl (C=O) groups excluding carboxylic acids is 1. The first-order valence-corrected chi connectivity index (χ1v) is 9.22. The van der Waals surface area contributed by atoms with E-state index in [4.69, 9.17) is 0 Å². The van der Waals surface area contributed by atoms with E-state index in [1.54, 1.807) is 0 Å². The number of carbonyl (C=O) groups is 1. The fourth-order valence-electron chi connectivity index (χ4n) is 3.38. The van der Waals surface area contributed by atoms with Crippen LogP contribution >= 0.6 is 0 Å². The average Bonchev–Trinajstić information content (AvgIpc) is 3.08. The Labute approximate surface area is 155 Å². The molecule has 2 N–H and O–H groups in total. The number of allylic oxidation sites excluding steroid dienone is 1. The van der Waals surface area contributed by atoms with Crippen LogP contribution in [-0.4, -0.2) is 17.4 Å². The first-order valence-electron chi connectivity index (χ1n) is 9.22. The van der Waals surface area contributed by atoms with Gasteiger partial charge in [0, 0.05) is 30.1 Å². The molecular weight excluding hydrogens is 320 g/mol. The SMILES string of the molecule is C/C=C(/CCNC(=O)CCc1c[nH]c2ccccc12)c1ccccc1C. The van der Waals surface area contributed by atoms with E-state index in [1.807, 2.05) is 18.3 Å². The lowest BCUT2D eigenvalue weighted by molar-refractivity contribution is -0.121. The summed E-state index contributed by atoms with van der Waals surface area (Å²) in [7, 11) is 0. The Balaban J connectivity index is 1.49. The van der Waals surface area contributed by atoms with Gasteiger partial charge in [-0.25, -0.2) is 0 Å². The van der Waals surface area contributed by atoms with Gasteiger partial charge >= 0.3 is 0 Å². The molecule has 0 radical (unpaired) electrons. The van der Waals surface area contributed by atoms with Gasteiger partial charge in [-0.1, -0.05) is 48.5 Å². The van der Waals surface area contributed by atoms with Crippen molar-refractivity contribution < 1.29 is 4.79 Å². The van der Waals surface area contributed by atoms with Crippen LogP contribution < -0.4 is 5.32 Å². The number of nitrogens with one attached hydrogen (secondary N) is 2. The number of H-pyrrole nitrogens is 1. The number of rotatable bonds is 7. The maximum Gasteiger partial charge on any atom is 0.220 e. The lowest BCUT2D eigenvalue weighted by Gasteiger charge is -2.11. The second kappa shape index (κ2) is 8.52. The molecule has 3 heteroatoms. The van der Waals surface area contributed by atoms with E-state index in [-0.39, 0.29) is 5.91 Å². The molecule has 0 bridgehead atoms. The molecule has 0 aliphatic rings. The van der Waals surface area contributed by atoms with Crippen LogP contribution in [0.15, 0.2) is 60.8 Å². The zero-order valence-electron chi connectivity index (χ0n) is 15.5. The van der Waals surface area contributed by atoms with E-state index in [2.05, 4.69) is 66.6 Å². The molecule has 3 aromatic rings. The summed E-state index contributed by atoms with van der Waals surface area (Å²) in [4.78, 5) is 15.5. The Kier molecular flexibility index (Phi) is 5.90. The summed E-state index contributed by atoms with van der Waals surface area (Å²) in [5.74, 6) is 0.107. The van der Waals surface area contributed by atoms with Crippen LogP contribution in [0.25, 0.3) is 16.5 Å². The van der Waals surface area contributed by atoms with Gasteiger partial charge in [-0.3, -0.25) is 4.79 Å². The fraction of sp³-hybridized carbons (Fsp3) is 0.261. The van der Waals surface area contributed by atoms with E-state index in [1.165, 1.54) is 27.6 Å². The van der Waals surface area contributed by atoms with E-state index < -0.39 is 0 Å². The van der Waals surface area contributed by atoms with Gasteiger partial charge in [-0.05, 0) is 55.0 Å². The molecule has 3 nitrogen and oxygen atoms in total. The molecule has 1 aromatic heterocycles. The Morgan fingerprint density at radius 3 is 2.65 bits per heavy atom. The van der Waals surface area contributed by atoms with Gasteiger partial charge in [-0.15, -0.1) is 0 Å². The molecule has 0 unspecified atom stereocenters. The zero-order valence-corrected chi connectivity index (χ0v) is 15.5. The van der Waals surface area contributed by atoms with E-state index in [0.29, 0.717) is 13.0 Å². The minimum Gasteiger partial charge on any atom is -0.361 e. The number of aryl methyl sites for hydroxylation is 2. The summed E-state index contributed by atoms with van der Waals surface area (Å²) in [6.07, 6.45) is 6.26. The van der Waals surface area contributed by atoms with Gasteiger partial charge in [0.05, 0.1) is 0 Å². The predicted octanol–water partition coefficient (Wildman–Crippen LogP) is 5.02. The number of aromatic nitrogens is 1. The van der Waals surface area contributed by atoms with Crippen molar-refractivity contribution in [1.29, 1.82) is 0 Å². The van der Waals surface area contributed by atoms with Crippen molar-refractivity contribution in [3.8, 4) is 0 Å². The fourth-order valence-corrected chi connectivity index (χ4v) is 3.38. The second-order valence-electron chi connectivity index (χ2n) is 6.59. The lowest BCUT2D eigenvalue weighted by atomic mass is 9.98. The first-order chi connectivity index (χ1) is 12.7. The third kappa shape index (κ3) is 4.23. The molecule has 0 spiro atoms. The summed E-state index contributed by atoms with van der Waals surface area (Å²) in [6, 6.07) is 16.6. The van der Waals surface area contributed by atoms with Crippen LogP contribution in [0.4, 0.5) is 0 Å². The molecule has 0 atom stereocenters. The minimum absolute atomic E-state index is 0.107. The van der Waals surface area contributed by atoms with Crippen molar-refractivity contribution in [2.45, 2.75) is 33.1 Å². The second-order valence-corrected chi connectivity index (χ2v) is 6.59. The molecule has 0 aliphatic heterocycles. The normalized spacial score (nSPS) is 11.7. The Morgan fingerprint density at radius 1 is 1.08 bits per heavy atom. The van der Waals surface area contributed by atoms with Crippen molar-refractivity contribution >= 4 is 22.4 Å². The molecule has 0 saturated heterocycles. The zero-order chi connectivity index (χ0) is 18.4. The molecule has 1 amide bonds. The molecular formula is C23H26N2O. The summed E-state index contributed by atoms with van der Waals surface area (Å²) in [6.45, 7) is 4.85. The summed E-state index contributed by atoms with van der Waals surface area (Å²) >= 11 is 0. The van der Waals surface area contributed by atoms with Gasteiger partial charge < -0.3 is 10.3 Å². The smallest absolute Gasteiger partial charge is 0.220 e. The van der Waals surface area contributed by atoms with Gasteiger partial charge in [0.15, 0.2) is 0 Å². The quantitative estimate of drug-likeness (QED) is 0.620. The lowest BCUT2D eigenvalue weighted by Crippen LogP contribution is -2.24. The van der Waals surface area contributed by atoms with Crippen molar-refractivity contribution in [2.24, 2.45) is 0 Å². The van der Waals surface area contributed by atoms with Gasteiger partial charge in [0.25, 0.3) is 0 Å². The Morgan fingerprint density at radius 2 is 1.85 bits per heavy atom. The van der Waals surface area contributed by atoms with Crippen molar-refractivity contribution in [3.63, 3.8) is 0 Å². The third-order valence-corrected chi connectivity index (χ3v) is 4.85. The number of benzene rings is 2. The van der Waals surface area contributed by atoms with Gasteiger partial charge in [0.2, 0.25) is 5.91 Å². The van der Waals surface area contributed by atoms with Crippen molar-refractivity contribution in [3.05, 3.63) is 77.5 Å². The maximum absolute atomic E-state index is 12.2. The molecule has 0 fully saturated rings. The highest BCUT2D eigenvalue weighted by Gasteiger charge is 2.08. The molecule has 0 aliphatic carbocycles. The van der Waals surface area contributed by atoms with E-state index in [9.17, 15) is 4.79 Å².